The third-order valence-corrected chi connectivity index (χ3v) is 4.06. The first-order chi connectivity index (χ1) is 9.67. The summed E-state index contributed by atoms with van der Waals surface area (Å²) in [5, 5.41) is 7.31. The lowest BCUT2D eigenvalue weighted by atomic mass is 10.0. The number of halogens is 1. The Balaban J connectivity index is 0.00000161. The maximum Gasteiger partial charge on any atom is 0.361 e. The highest BCUT2D eigenvalue weighted by molar-refractivity contribution is 8.05. The molecule has 0 unspecified atom stereocenters. The summed E-state index contributed by atoms with van der Waals surface area (Å²) in [7, 11) is -3.93. The van der Waals surface area contributed by atoms with Crippen LogP contribution in [0.5, 0.6) is 5.75 Å². The molecule has 0 N–H and O–H groups in total. The summed E-state index contributed by atoms with van der Waals surface area (Å²) in [5.74, 6) is 0.259. The van der Waals surface area contributed by atoms with Gasteiger partial charge in [-0.1, -0.05) is 36.4 Å². The number of rotatable bonds is 3. The molecule has 0 aromatic heterocycles. The lowest BCUT2D eigenvalue weighted by Crippen LogP contribution is -2.33. The molecule has 0 radical (unpaired) electrons. The summed E-state index contributed by atoms with van der Waals surface area (Å²) in [6.07, 6.45) is 7.62. The van der Waals surface area contributed by atoms with Crippen molar-refractivity contribution in [2.75, 3.05) is 0 Å². The fourth-order valence-corrected chi connectivity index (χ4v) is 2.90. The zero-order chi connectivity index (χ0) is 14.0. The number of benzene rings is 1. The van der Waals surface area contributed by atoms with Gasteiger partial charge in [-0.15, -0.1) is 22.6 Å². The van der Waals surface area contributed by atoms with Gasteiger partial charge in [0.1, 0.15) is 11.5 Å². The van der Waals surface area contributed by atoms with Crippen LogP contribution in [0.4, 0.5) is 0 Å². The van der Waals surface area contributed by atoms with Crippen LogP contribution in [0.2, 0.25) is 0 Å². The molecule has 0 saturated heterocycles. The fourth-order valence-electron chi connectivity index (χ4n) is 1.92. The third-order valence-electron chi connectivity index (χ3n) is 2.90. The van der Waals surface area contributed by atoms with E-state index in [0.717, 1.165) is 18.4 Å². The van der Waals surface area contributed by atoms with Gasteiger partial charge in [0.15, 0.2) is 0 Å². The van der Waals surface area contributed by atoms with E-state index < -0.39 is 10.1 Å². The highest BCUT2D eigenvalue weighted by Crippen LogP contribution is 2.21. The molecular weight excluding hydrogens is 312 g/mol. The van der Waals surface area contributed by atoms with E-state index in [1.54, 1.807) is 30.3 Å². The van der Waals surface area contributed by atoms with Crippen LogP contribution in [0.1, 0.15) is 12.8 Å². The fraction of sp³-hybridized carbons (Fsp3) is 0.143. The third kappa shape index (κ3) is 3.22. The molecule has 0 spiro atoms. The highest BCUT2D eigenvalue weighted by Gasteiger charge is 2.34. The molecule has 1 aliphatic heterocycles. The summed E-state index contributed by atoms with van der Waals surface area (Å²) in [5.41, 5.74) is 1.15. The van der Waals surface area contributed by atoms with Crippen LogP contribution in [-0.2, 0) is 10.1 Å². The SMILES string of the molecule is Cl.O=S(=O)(Oc1ccccc1)C1=NN=C1C1=CCCC=C1. The second kappa shape index (κ2) is 6.24. The summed E-state index contributed by atoms with van der Waals surface area (Å²) >= 11 is 0. The summed E-state index contributed by atoms with van der Waals surface area (Å²) < 4.78 is 29.3. The number of hydrogen-bond acceptors (Lipinski definition) is 5. The first kappa shape index (κ1) is 15.5. The number of hydrogen-bond donors (Lipinski definition) is 0. The number of para-hydroxylation sites is 1. The molecule has 0 fully saturated rings. The predicted octanol–water partition coefficient (Wildman–Crippen LogP) is 2.86. The largest absolute Gasteiger partial charge is 0.378 e. The molecule has 3 rings (SSSR count). The van der Waals surface area contributed by atoms with E-state index in [-0.39, 0.29) is 23.2 Å². The Bertz CT molecular complexity index is 750. The Morgan fingerprint density at radius 3 is 2.38 bits per heavy atom. The van der Waals surface area contributed by atoms with Gasteiger partial charge in [-0.3, -0.25) is 0 Å². The zero-order valence-corrected chi connectivity index (χ0v) is 12.6. The first-order valence-corrected chi connectivity index (χ1v) is 7.60. The van der Waals surface area contributed by atoms with Crippen LogP contribution >= 0.6 is 12.4 Å². The van der Waals surface area contributed by atoms with E-state index in [1.165, 1.54) is 0 Å². The lowest BCUT2D eigenvalue weighted by Gasteiger charge is -2.16. The van der Waals surface area contributed by atoms with Gasteiger partial charge in [0, 0.05) is 5.57 Å². The Hall–Kier alpha value is -1.92. The molecular formula is C14H13ClN2O3S. The van der Waals surface area contributed by atoms with E-state index >= 15 is 0 Å². The molecule has 1 aromatic carbocycles. The van der Waals surface area contributed by atoms with E-state index in [4.69, 9.17) is 4.18 Å². The monoisotopic (exact) mass is 324 g/mol. The van der Waals surface area contributed by atoms with E-state index in [1.807, 2.05) is 18.2 Å². The molecule has 2 aliphatic rings. The predicted molar refractivity (Wildman–Crippen MR) is 84.6 cm³/mol. The maximum absolute atomic E-state index is 12.2. The van der Waals surface area contributed by atoms with Gasteiger partial charge in [-0.05, 0) is 25.0 Å². The van der Waals surface area contributed by atoms with Crippen LogP contribution in [0.3, 0.4) is 0 Å². The molecule has 5 nitrogen and oxygen atoms in total. The topological polar surface area (TPSA) is 68.1 Å². The van der Waals surface area contributed by atoms with Crippen molar-refractivity contribution in [3.63, 3.8) is 0 Å². The lowest BCUT2D eigenvalue weighted by molar-refractivity contribution is 0.500. The van der Waals surface area contributed by atoms with Crippen LogP contribution in [-0.4, -0.2) is 19.2 Å². The average Bonchev–Trinajstić information content (AvgIpc) is 2.38. The molecule has 7 heteroatoms. The molecule has 1 aliphatic carbocycles. The molecule has 1 heterocycles. The van der Waals surface area contributed by atoms with Crippen molar-refractivity contribution >= 4 is 33.3 Å². The first-order valence-electron chi connectivity index (χ1n) is 6.19. The normalized spacial score (nSPS) is 16.9. The van der Waals surface area contributed by atoms with E-state index in [9.17, 15) is 8.42 Å². The molecule has 0 saturated carbocycles. The number of nitrogens with zero attached hydrogens (tertiary/aromatic N) is 2. The highest BCUT2D eigenvalue weighted by atomic mass is 35.5. The van der Waals surface area contributed by atoms with Gasteiger partial charge in [0.2, 0.25) is 5.04 Å². The summed E-state index contributed by atoms with van der Waals surface area (Å²) in [6, 6.07) is 8.34. The van der Waals surface area contributed by atoms with Gasteiger partial charge >= 0.3 is 10.1 Å². The Morgan fingerprint density at radius 1 is 1.05 bits per heavy atom. The van der Waals surface area contributed by atoms with Crippen molar-refractivity contribution in [1.82, 2.24) is 0 Å². The quantitative estimate of drug-likeness (QED) is 0.803. The smallest absolute Gasteiger partial charge is 0.361 e. The molecule has 1 aromatic rings. The van der Waals surface area contributed by atoms with Crippen LogP contribution in [0.15, 0.2) is 64.3 Å². The number of allylic oxidation sites excluding steroid dienone is 4. The van der Waals surface area contributed by atoms with Crippen molar-refractivity contribution in [1.29, 1.82) is 0 Å². The molecule has 110 valence electrons. The van der Waals surface area contributed by atoms with Crippen molar-refractivity contribution in [2.45, 2.75) is 12.8 Å². The van der Waals surface area contributed by atoms with Gasteiger partial charge < -0.3 is 4.18 Å². The molecule has 0 atom stereocenters. The molecule has 0 amide bonds. The van der Waals surface area contributed by atoms with Crippen LogP contribution in [0.25, 0.3) is 0 Å². The van der Waals surface area contributed by atoms with Crippen molar-refractivity contribution in [3.05, 3.63) is 54.1 Å². The molecule has 21 heavy (non-hydrogen) atoms. The van der Waals surface area contributed by atoms with Crippen LogP contribution in [0, 0.1) is 0 Å². The Labute approximate surface area is 129 Å². The average molecular weight is 325 g/mol. The minimum atomic E-state index is -3.93. The van der Waals surface area contributed by atoms with Crippen LogP contribution < -0.4 is 4.18 Å². The maximum atomic E-state index is 12.2. The zero-order valence-electron chi connectivity index (χ0n) is 11.0. The van der Waals surface area contributed by atoms with Crippen molar-refractivity contribution in [2.24, 2.45) is 10.2 Å². The standard InChI is InChI=1S/C14H12N2O3S.ClH/c17-20(18,19-12-9-5-2-6-10-12)14-13(15-16-14)11-7-3-1-4-8-11;/h2-3,5-10H,1,4H2;1H. The van der Waals surface area contributed by atoms with Gasteiger partial charge in [-0.2, -0.15) is 8.42 Å². The Kier molecular flexibility index (Phi) is 4.59. The summed E-state index contributed by atoms with van der Waals surface area (Å²) in [4.78, 5) is 0. The van der Waals surface area contributed by atoms with E-state index in [2.05, 4.69) is 10.2 Å². The second-order valence-corrected chi connectivity index (χ2v) is 5.81. The second-order valence-electron chi connectivity index (χ2n) is 4.34. The van der Waals surface area contributed by atoms with Gasteiger partial charge in [0.25, 0.3) is 0 Å². The molecule has 0 bridgehead atoms. The van der Waals surface area contributed by atoms with Gasteiger partial charge in [0.05, 0.1) is 0 Å². The minimum absolute atomic E-state index is 0. The van der Waals surface area contributed by atoms with Crippen molar-refractivity contribution in [3.8, 4) is 5.75 Å². The van der Waals surface area contributed by atoms with E-state index in [0.29, 0.717) is 5.71 Å². The Morgan fingerprint density at radius 2 is 1.81 bits per heavy atom. The van der Waals surface area contributed by atoms with Gasteiger partial charge in [-0.25, -0.2) is 0 Å². The van der Waals surface area contributed by atoms with Crippen molar-refractivity contribution < 1.29 is 12.6 Å². The minimum Gasteiger partial charge on any atom is -0.378 e. The summed E-state index contributed by atoms with van der Waals surface area (Å²) in [6.45, 7) is 0.